The van der Waals surface area contributed by atoms with Crippen LogP contribution < -0.4 is 10.8 Å². The summed E-state index contributed by atoms with van der Waals surface area (Å²) in [5, 5.41) is 35.5. The van der Waals surface area contributed by atoms with E-state index in [1.165, 1.54) is 5.56 Å². The molecule has 22 heavy (non-hydrogen) atoms. The maximum atomic E-state index is 10.3. The van der Waals surface area contributed by atoms with Gasteiger partial charge >= 0.3 is 11.9 Å². The van der Waals surface area contributed by atoms with Crippen LogP contribution in [-0.2, 0) is 14.4 Å². The van der Waals surface area contributed by atoms with E-state index in [2.05, 4.69) is 24.8 Å². The van der Waals surface area contributed by atoms with Crippen LogP contribution >= 0.6 is 0 Å². The van der Waals surface area contributed by atoms with Crippen LogP contribution in [0.2, 0.25) is 0 Å². The Hall–Kier alpha value is -2.45. The van der Waals surface area contributed by atoms with Crippen molar-refractivity contribution < 1.29 is 40.5 Å². The van der Waals surface area contributed by atoms with Gasteiger partial charge in [-0.25, -0.2) is 4.79 Å². The van der Waals surface area contributed by atoms with Crippen LogP contribution in [0.3, 0.4) is 0 Å². The predicted octanol–water partition coefficient (Wildman–Crippen LogP) is -1.59. The van der Waals surface area contributed by atoms with Gasteiger partial charge in [-0.1, -0.05) is 30.3 Å². The number of hydrogen-bond acceptors (Lipinski definition) is 5. The zero-order valence-electron chi connectivity index (χ0n) is 12.1. The van der Waals surface area contributed by atoms with E-state index < -0.39 is 36.4 Å². The van der Waals surface area contributed by atoms with Gasteiger partial charge in [0.2, 0.25) is 0 Å². The first-order valence-corrected chi connectivity index (χ1v) is 6.34. The van der Waals surface area contributed by atoms with Crippen LogP contribution in [-0.4, -0.2) is 38.8 Å². The standard InChI is InChI=1S/C8H11N.C6H8O7/c1-7(9)8-5-3-2-4-6-8;7-3(8)1-6(13,5(11)12)2-4(9)10/h2-7H,9H2,1H3;13H,1-2H2,(H,7,8)(H,9,10)(H,11,12). The third-order valence-corrected chi connectivity index (χ3v) is 2.65. The lowest BCUT2D eigenvalue weighted by atomic mass is 9.96. The number of hydrogen-bond donors (Lipinski definition) is 4. The summed E-state index contributed by atoms with van der Waals surface area (Å²) in [5.74, 6) is -5.34. The molecular formula is C14H19NO7. The van der Waals surface area contributed by atoms with Crippen molar-refractivity contribution in [1.82, 2.24) is 0 Å². The fourth-order valence-corrected chi connectivity index (χ4v) is 1.48. The average molecular weight is 313 g/mol. The van der Waals surface area contributed by atoms with Crippen molar-refractivity contribution in [3.63, 3.8) is 0 Å². The number of aliphatic hydroxyl groups is 1. The highest BCUT2D eigenvalue weighted by atomic mass is 16.4. The van der Waals surface area contributed by atoms with Crippen molar-refractivity contribution in [2.75, 3.05) is 0 Å². The third kappa shape index (κ3) is 7.36. The van der Waals surface area contributed by atoms with E-state index in [1.54, 1.807) is 0 Å². The Morgan fingerprint density at radius 2 is 1.68 bits per heavy atom. The molecule has 0 radical (unpaired) electrons. The maximum Gasteiger partial charge on any atom is 0.336 e. The summed E-state index contributed by atoms with van der Waals surface area (Å²) in [7, 11) is 0. The van der Waals surface area contributed by atoms with Crippen LogP contribution in [0.5, 0.6) is 0 Å². The molecule has 122 valence electrons. The Morgan fingerprint density at radius 3 is 1.95 bits per heavy atom. The molecule has 2 unspecified atom stereocenters. The second-order valence-electron chi connectivity index (χ2n) is 4.77. The Kier molecular flexibility index (Phi) is 7.78. The van der Waals surface area contributed by atoms with Gasteiger partial charge in [-0.05, 0) is 6.92 Å². The minimum absolute atomic E-state index is 0.409. The number of aliphatic carboxylic acids is 3. The first-order valence-electron chi connectivity index (χ1n) is 6.34. The first kappa shape index (κ1) is 19.6. The monoisotopic (exact) mass is 313 g/mol. The van der Waals surface area contributed by atoms with Gasteiger partial charge in [0.15, 0.2) is 5.60 Å². The lowest BCUT2D eigenvalue weighted by molar-refractivity contribution is -0.420. The van der Waals surface area contributed by atoms with Gasteiger partial charge in [0.05, 0.1) is 6.42 Å². The SMILES string of the molecule is CC([NH3+])c1ccccc1.O=C([O-])CC(O)(CC(=O)O)C(=O)O. The van der Waals surface area contributed by atoms with Crippen LogP contribution in [0.25, 0.3) is 0 Å². The van der Waals surface area contributed by atoms with Crippen LogP contribution in [0.1, 0.15) is 31.4 Å². The number of carboxylic acid groups (broad SMARTS) is 3. The van der Waals surface area contributed by atoms with Crippen molar-refractivity contribution in [3.05, 3.63) is 35.9 Å². The van der Waals surface area contributed by atoms with E-state index in [4.69, 9.17) is 15.3 Å². The smallest absolute Gasteiger partial charge is 0.336 e. The van der Waals surface area contributed by atoms with E-state index in [0.717, 1.165) is 0 Å². The average Bonchev–Trinajstić information content (AvgIpc) is 2.38. The normalized spacial score (nSPS) is 14.0. The Labute approximate surface area is 126 Å². The number of benzene rings is 1. The van der Waals surface area contributed by atoms with Crippen molar-refractivity contribution in [3.8, 4) is 0 Å². The molecule has 8 nitrogen and oxygen atoms in total. The predicted molar refractivity (Wildman–Crippen MR) is 72.2 cm³/mol. The second kappa shape index (κ2) is 8.75. The van der Waals surface area contributed by atoms with Crippen LogP contribution in [0.4, 0.5) is 0 Å². The summed E-state index contributed by atoms with van der Waals surface area (Å²) >= 11 is 0. The molecule has 1 aromatic rings. The highest BCUT2D eigenvalue weighted by Gasteiger charge is 2.38. The molecule has 0 aliphatic heterocycles. The number of rotatable bonds is 6. The van der Waals surface area contributed by atoms with Crippen molar-refractivity contribution in [1.29, 1.82) is 0 Å². The summed E-state index contributed by atoms with van der Waals surface area (Å²) in [6.07, 6.45) is -2.44. The van der Waals surface area contributed by atoms with E-state index >= 15 is 0 Å². The van der Waals surface area contributed by atoms with Gasteiger partial charge in [0, 0.05) is 18.0 Å². The molecule has 0 aromatic heterocycles. The molecule has 0 amide bonds. The first-order chi connectivity index (χ1) is 10.1. The molecule has 0 aliphatic carbocycles. The van der Waals surface area contributed by atoms with Crippen molar-refractivity contribution >= 4 is 17.9 Å². The van der Waals surface area contributed by atoms with E-state index in [9.17, 15) is 19.5 Å². The quantitative estimate of drug-likeness (QED) is 0.491. The van der Waals surface area contributed by atoms with Crippen LogP contribution in [0.15, 0.2) is 30.3 Å². The fraction of sp³-hybridized carbons (Fsp3) is 0.357. The van der Waals surface area contributed by atoms with Gasteiger partial charge in [0.1, 0.15) is 6.04 Å². The molecule has 0 heterocycles. The molecule has 2 atom stereocenters. The number of quaternary nitrogens is 1. The van der Waals surface area contributed by atoms with Crippen LogP contribution in [0, 0.1) is 0 Å². The minimum Gasteiger partial charge on any atom is -0.550 e. The zero-order chi connectivity index (χ0) is 17.3. The Bertz CT molecular complexity index is 497. The highest BCUT2D eigenvalue weighted by Crippen LogP contribution is 2.15. The number of carbonyl (C=O) groups excluding carboxylic acids is 1. The zero-order valence-corrected chi connectivity index (χ0v) is 12.1. The van der Waals surface area contributed by atoms with E-state index in [-0.39, 0.29) is 0 Å². The van der Waals surface area contributed by atoms with Crippen molar-refractivity contribution in [2.24, 2.45) is 0 Å². The largest absolute Gasteiger partial charge is 0.550 e. The van der Waals surface area contributed by atoms with Crippen molar-refractivity contribution in [2.45, 2.75) is 31.4 Å². The summed E-state index contributed by atoms with van der Waals surface area (Å²) < 4.78 is 0. The van der Waals surface area contributed by atoms with E-state index in [0.29, 0.717) is 6.04 Å². The number of carbonyl (C=O) groups is 3. The fourth-order valence-electron chi connectivity index (χ4n) is 1.48. The summed E-state index contributed by atoms with van der Waals surface area (Å²) in [4.78, 5) is 30.3. The third-order valence-electron chi connectivity index (χ3n) is 2.65. The lowest BCUT2D eigenvalue weighted by Crippen LogP contribution is -2.51. The minimum atomic E-state index is -2.80. The summed E-state index contributed by atoms with van der Waals surface area (Å²) in [6.45, 7) is 2.09. The topological polar surface area (TPSA) is 163 Å². The summed E-state index contributed by atoms with van der Waals surface area (Å²) in [6, 6.07) is 10.7. The molecular weight excluding hydrogens is 294 g/mol. The molecule has 0 saturated heterocycles. The summed E-state index contributed by atoms with van der Waals surface area (Å²) in [5.41, 5.74) is 2.41. The van der Waals surface area contributed by atoms with E-state index in [1.807, 2.05) is 18.2 Å². The second-order valence-corrected chi connectivity index (χ2v) is 4.77. The van der Waals surface area contributed by atoms with Gasteiger partial charge in [0.25, 0.3) is 0 Å². The van der Waals surface area contributed by atoms with Gasteiger partial charge < -0.3 is 31.0 Å². The van der Waals surface area contributed by atoms with Gasteiger partial charge in [-0.2, -0.15) is 0 Å². The number of carboxylic acids is 3. The molecule has 0 aliphatic rings. The molecule has 0 saturated carbocycles. The van der Waals surface area contributed by atoms with Gasteiger partial charge in [-0.3, -0.25) is 4.79 Å². The molecule has 1 rings (SSSR count). The molecule has 1 aromatic carbocycles. The molecule has 0 fully saturated rings. The molecule has 0 bridgehead atoms. The molecule has 0 spiro atoms. The Morgan fingerprint density at radius 1 is 1.18 bits per heavy atom. The molecule has 6 N–H and O–H groups in total. The lowest BCUT2D eigenvalue weighted by Gasteiger charge is -2.21. The Balaban J connectivity index is 0.000000425. The molecule has 8 heteroatoms. The van der Waals surface area contributed by atoms with Gasteiger partial charge in [-0.15, -0.1) is 0 Å². The highest BCUT2D eigenvalue weighted by molar-refractivity contribution is 5.87. The maximum absolute atomic E-state index is 10.3.